The summed E-state index contributed by atoms with van der Waals surface area (Å²) in [6.45, 7) is 1.97. The molecular formula is C9H14ClN3O2S. The molecule has 1 aromatic heterocycles. The molecule has 0 amide bonds. The zero-order valence-corrected chi connectivity index (χ0v) is 10.6. The minimum atomic E-state index is -3.46. The van der Waals surface area contributed by atoms with Crippen LogP contribution >= 0.6 is 11.6 Å². The number of hydrogen-bond acceptors (Lipinski definition) is 4. The Morgan fingerprint density at radius 1 is 1.56 bits per heavy atom. The second kappa shape index (κ2) is 5.47. The van der Waals surface area contributed by atoms with Crippen LogP contribution in [0.4, 0.5) is 5.82 Å². The van der Waals surface area contributed by atoms with Gasteiger partial charge in [-0.2, -0.15) is 0 Å². The van der Waals surface area contributed by atoms with Gasteiger partial charge in [-0.1, -0.05) is 11.6 Å². The van der Waals surface area contributed by atoms with Crippen molar-refractivity contribution in [3.8, 4) is 0 Å². The maximum absolute atomic E-state index is 11.8. The fraction of sp³-hybridized carbons (Fsp3) is 0.444. The molecule has 16 heavy (non-hydrogen) atoms. The Kier molecular flexibility index (Phi) is 4.52. The van der Waals surface area contributed by atoms with E-state index in [1.807, 2.05) is 0 Å². The molecule has 1 unspecified atom stereocenters. The van der Waals surface area contributed by atoms with E-state index in [4.69, 9.17) is 11.6 Å². The van der Waals surface area contributed by atoms with Crippen LogP contribution in [-0.2, 0) is 10.0 Å². The molecule has 0 aliphatic heterocycles. The fourth-order valence-corrected chi connectivity index (χ4v) is 2.34. The maximum atomic E-state index is 11.8. The number of nitrogens with one attached hydrogen (secondary N) is 2. The van der Waals surface area contributed by atoms with Gasteiger partial charge in [0.25, 0.3) is 0 Å². The Hall–Kier alpha value is -0.850. The molecule has 0 radical (unpaired) electrons. The average Bonchev–Trinajstić information content (AvgIpc) is 2.21. The molecule has 0 fully saturated rings. The van der Waals surface area contributed by atoms with Gasteiger partial charge in [-0.15, -0.1) is 0 Å². The molecule has 1 rings (SSSR count). The molecule has 0 bridgehead atoms. The van der Waals surface area contributed by atoms with Gasteiger partial charge in [-0.25, -0.2) is 13.4 Å². The number of pyridine rings is 1. The van der Waals surface area contributed by atoms with E-state index < -0.39 is 15.3 Å². The minimum Gasteiger partial charge on any atom is -0.318 e. The highest BCUT2D eigenvalue weighted by Gasteiger charge is 2.21. The summed E-state index contributed by atoms with van der Waals surface area (Å²) in [5.74, 6) is 0.159. The lowest BCUT2D eigenvalue weighted by atomic mass is 10.5. The summed E-state index contributed by atoms with van der Waals surface area (Å²) >= 11 is 5.81. The Morgan fingerprint density at radius 2 is 2.25 bits per heavy atom. The van der Waals surface area contributed by atoms with E-state index >= 15 is 0 Å². The molecule has 2 N–H and O–H groups in total. The monoisotopic (exact) mass is 263 g/mol. The van der Waals surface area contributed by atoms with E-state index in [1.165, 1.54) is 6.20 Å². The number of rotatable bonds is 5. The van der Waals surface area contributed by atoms with Crippen LogP contribution < -0.4 is 10.0 Å². The highest BCUT2D eigenvalue weighted by Crippen LogP contribution is 2.19. The zero-order chi connectivity index (χ0) is 12.2. The number of sulfonamides is 1. The first kappa shape index (κ1) is 13.2. The number of aromatic nitrogens is 1. The summed E-state index contributed by atoms with van der Waals surface area (Å²) in [6, 6.07) is 3.21. The van der Waals surface area contributed by atoms with Crippen LogP contribution in [0.5, 0.6) is 0 Å². The van der Waals surface area contributed by atoms with E-state index in [0.29, 0.717) is 6.54 Å². The number of anilines is 1. The first-order chi connectivity index (χ1) is 7.47. The summed E-state index contributed by atoms with van der Waals surface area (Å²) in [5, 5.41) is 2.52. The van der Waals surface area contributed by atoms with Gasteiger partial charge in [-0.3, -0.25) is 4.72 Å². The zero-order valence-electron chi connectivity index (χ0n) is 9.07. The summed E-state index contributed by atoms with van der Waals surface area (Å²) < 4.78 is 25.9. The number of hydrogen-bond donors (Lipinski definition) is 2. The minimum absolute atomic E-state index is 0.159. The van der Waals surface area contributed by atoms with Crippen molar-refractivity contribution in [2.75, 3.05) is 18.3 Å². The first-order valence-corrected chi connectivity index (χ1v) is 6.66. The van der Waals surface area contributed by atoms with Gasteiger partial charge in [0.05, 0.1) is 10.3 Å². The van der Waals surface area contributed by atoms with Gasteiger partial charge in [0.2, 0.25) is 10.0 Å². The Morgan fingerprint density at radius 3 is 2.81 bits per heavy atom. The topological polar surface area (TPSA) is 71.1 Å². The lowest BCUT2D eigenvalue weighted by Crippen LogP contribution is -2.33. The van der Waals surface area contributed by atoms with E-state index in [0.717, 1.165) is 0 Å². The fourth-order valence-electron chi connectivity index (χ4n) is 1.09. The molecule has 1 aromatic rings. The normalized spacial score (nSPS) is 13.4. The van der Waals surface area contributed by atoms with Crippen LogP contribution in [0.25, 0.3) is 0 Å². The SMILES string of the molecule is CNCC(C)S(=O)(=O)Nc1ncccc1Cl. The van der Waals surface area contributed by atoms with Gasteiger partial charge in [-0.05, 0) is 26.1 Å². The number of nitrogens with zero attached hydrogens (tertiary/aromatic N) is 1. The largest absolute Gasteiger partial charge is 0.318 e. The molecular weight excluding hydrogens is 250 g/mol. The molecule has 1 atom stereocenters. The smallest absolute Gasteiger partial charge is 0.237 e. The van der Waals surface area contributed by atoms with Crippen molar-refractivity contribution < 1.29 is 8.42 Å². The molecule has 0 aliphatic rings. The van der Waals surface area contributed by atoms with Crippen LogP contribution in [0.3, 0.4) is 0 Å². The van der Waals surface area contributed by atoms with Crippen molar-refractivity contribution in [1.29, 1.82) is 0 Å². The van der Waals surface area contributed by atoms with Crippen molar-refractivity contribution >= 4 is 27.4 Å². The Balaban J connectivity index is 2.85. The second-order valence-corrected chi connectivity index (χ2v) is 5.86. The van der Waals surface area contributed by atoms with Gasteiger partial charge < -0.3 is 5.32 Å². The van der Waals surface area contributed by atoms with E-state index in [1.54, 1.807) is 26.1 Å². The van der Waals surface area contributed by atoms with Crippen molar-refractivity contribution in [2.24, 2.45) is 0 Å². The van der Waals surface area contributed by atoms with Crippen LogP contribution in [0.15, 0.2) is 18.3 Å². The molecule has 1 heterocycles. The molecule has 0 saturated carbocycles. The Labute approximate surface area is 100 Å². The van der Waals surface area contributed by atoms with Crippen LogP contribution in [0.1, 0.15) is 6.92 Å². The summed E-state index contributed by atoms with van der Waals surface area (Å²) in [7, 11) is -1.76. The molecule has 90 valence electrons. The van der Waals surface area contributed by atoms with E-state index in [2.05, 4.69) is 15.0 Å². The van der Waals surface area contributed by atoms with Gasteiger partial charge in [0.15, 0.2) is 5.82 Å². The van der Waals surface area contributed by atoms with Crippen LogP contribution in [-0.4, -0.2) is 32.2 Å². The third-order valence-corrected chi connectivity index (χ3v) is 4.03. The molecule has 0 spiro atoms. The molecule has 0 saturated heterocycles. The van der Waals surface area contributed by atoms with Crippen molar-refractivity contribution in [3.05, 3.63) is 23.4 Å². The molecule has 0 aliphatic carbocycles. The maximum Gasteiger partial charge on any atom is 0.237 e. The standard InChI is InChI=1S/C9H14ClN3O2S/c1-7(6-11-2)16(14,15)13-9-8(10)4-3-5-12-9/h3-5,7,11H,6H2,1-2H3,(H,12,13). The second-order valence-electron chi connectivity index (χ2n) is 3.35. The quantitative estimate of drug-likeness (QED) is 0.834. The molecule has 7 heteroatoms. The highest BCUT2D eigenvalue weighted by atomic mass is 35.5. The third-order valence-electron chi connectivity index (χ3n) is 2.02. The number of halogens is 1. The van der Waals surface area contributed by atoms with Gasteiger partial charge in [0.1, 0.15) is 0 Å². The summed E-state index contributed by atoms with van der Waals surface area (Å²) in [6.07, 6.45) is 1.48. The van der Waals surface area contributed by atoms with Crippen LogP contribution in [0.2, 0.25) is 5.02 Å². The Bertz CT molecular complexity index is 450. The first-order valence-electron chi connectivity index (χ1n) is 4.74. The molecule has 0 aromatic carbocycles. The summed E-state index contributed by atoms with van der Waals surface area (Å²) in [4.78, 5) is 3.86. The highest BCUT2D eigenvalue weighted by molar-refractivity contribution is 7.93. The lowest BCUT2D eigenvalue weighted by molar-refractivity contribution is 0.583. The van der Waals surface area contributed by atoms with Crippen molar-refractivity contribution in [2.45, 2.75) is 12.2 Å². The van der Waals surface area contributed by atoms with Gasteiger partial charge >= 0.3 is 0 Å². The van der Waals surface area contributed by atoms with Crippen LogP contribution in [0, 0.1) is 0 Å². The van der Waals surface area contributed by atoms with Crippen molar-refractivity contribution in [1.82, 2.24) is 10.3 Å². The predicted molar refractivity (Wildman–Crippen MR) is 65.2 cm³/mol. The predicted octanol–water partition coefficient (Wildman–Crippen LogP) is 1.08. The average molecular weight is 264 g/mol. The van der Waals surface area contributed by atoms with E-state index in [9.17, 15) is 8.42 Å². The summed E-state index contributed by atoms with van der Waals surface area (Å²) in [5.41, 5.74) is 0. The van der Waals surface area contributed by atoms with Gasteiger partial charge in [0, 0.05) is 12.7 Å². The van der Waals surface area contributed by atoms with Crippen molar-refractivity contribution in [3.63, 3.8) is 0 Å². The third kappa shape index (κ3) is 3.33. The van der Waals surface area contributed by atoms with E-state index in [-0.39, 0.29) is 10.8 Å². The molecule has 5 nitrogen and oxygen atoms in total. The lowest BCUT2D eigenvalue weighted by Gasteiger charge is -2.14.